The highest BCUT2D eigenvalue weighted by Gasteiger charge is 2.45. The van der Waals surface area contributed by atoms with Gasteiger partial charge >= 0.3 is 0 Å². The van der Waals surface area contributed by atoms with Crippen LogP contribution in [0.25, 0.3) is 0 Å². The molecule has 1 amide bonds. The van der Waals surface area contributed by atoms with Gasteiger partial charge in [0.05, 0.1) is 25.7 Å². The molecule has 1 N–H and O–H groups in total. The molecule has 23 heavy (non-hydrogen) atoms. The molecular formula is C18H25NO4. The SMILES string of the molecule is COc1ccc(CON2CC(C(O)C3CCCCC3)C2=O)cc1. The Bertz CT molecular complexity index is 524. The Morgan fingerprint density at radius 2 is 1.91 bits per heavy atom. The van der Waals surface area contributed by atoms with Crippen molar-refractivity contribution in [3.8, 4) is 5.75 Å². The summed E-state index contributed by atoms with van der Waals surface area (Å²) >= 11 is 0. The molecule has 3 rings (SSSR count). The molecule has 0 spiro atoms. The number of aliphatic hydroxyl groups is 1. The van der Waals surface area contributed by atoms with E-state index in [9.17, 15) is 9.90 Å². The fourth-order valence-electron chi connectivity index (χ4n) is 3.47. The van der Waals surface area contributed by atoms with Crippen LogP contribution >= 0.6 is 0 Å². The van der Waals surface area contributed by atoms with Gasteiger partial charge in [0.25, 0.3) is 5.91 Å². The number of carbonyl (C=O) groups is 1. The maximum absolute atomic E-state index is 12.2. The number of hydrogen-bond donors (Lipinski definition) is 1. The molecule has 0 aromatic heterocycles. The average molecular weight is 319 g/mol. The van der Waals surface area contributed by atoms with Crippen LogP contribution in [0.3, 0.4) is 0 Å². The van der Waals surface area contributed by atoms with Gasteiger partial charge in [0.15, 0.2) is 0 Å². The minimum atomic E-state index is -0.511. The molecule has 2 fully saturated rings. The Hall–Kier alpha value is -1.59. The largest absolute Gasteiger partial charge is 0.497 e. The number of amides is 1. The van der Waals surface area contributed by atoms with E-state index < -0.39 is 6.10 Å². The minimum Gasteiger partial charge on any atom is -0.497 e. The normalized spacial score (nSPS) is 23.5. The van der Waals surface area contributed by atoms with E-state index in [1.807, 2.05) is 24.3 Å². The highest BCUT2D eigenvalue weighted by Crippen LogP contribution is 2.33. The number of benzene rings is 1. The van der Waals surface area contributed by atoms with E-state index in [1.165, 1.54) is 24.3 Å². The molecule has 2 atom stereocenters. The van der Waals surface area contributed by atoms with E-state index in [1.54, 1.807) is 7.11 Å². The van der Waals surface area contributed by atoms with Gasteiger partial charge in [-0.2, -0.15) is 0 Å². The summed E-state index contributed by atoms with van der Waals surface area (Å²) in [4.78, 5) is 17.7. The fourth-order valence-corrected chi connectivity index (χ4v) is 3.47. The standard InChI is InChI=1S/C18H25NO4/c1-22-15-9-7-13(8-10-15)12-23-19-11-16(18(19)21)17(20)14-5-3-2-4-6-14/h7-10,14,16-17,20H,2-6,11-12H2,1H3. The van der Waals surface area contributed by atoms with Crippen LogP contribution in [-0.2, 0) is 16.2 Å². The number of hydrogen-bond acceptors (Lipinski definition) is 4. The first-order valence-corrected chi connectivity index (χ1v) is 8.44. The molecule has 5 heteroatoms. The Balaban J connectivity index is 1.45. The third-order valence-corrected chi connectivity index (χ3v) is 5.02. The van der Waals surface area contributed by atoms with Crippen molar-refractivity contribution in [2.75, 3.05) is 13.7 Å². The van der Waals surface area contributed by atoms with E-state index in [2.05, 4.69) is 0 Å². The zero-order valence-corrected chi connectivity index (χ0v) is 13.6. The van der Waals surface area contributed by atoms with Crippen molar-refractivity contribution in [3.05, 3.63) is 29.8 Å². The highest BCUT2D eigenvalue weighted by molar-refractivity contribution is 5.84. The molecule has 1 aromatic rings. The number of carbonyl (C=O) groups excluding carboxylic acids is 1. The molecule has 2 unspecified atom stereocenters. The van der Waals surface area contributed by atoms with Crippen molar-refractivity contribution in [1.82, 2.24) is 5.06 Å². The number of β-lactam (4-membered cyclic amide) rings is 1. The summed E-state index contributed by atoms with van der Waals surface area (Å²) < 4.78 is 5.11. The summed E-state index contributed by atoms with van der Waals surface area (Å²) in [6.45, 7) is 0.842. The van der Waals surface area contributed by atoms with Gasteiger partial charge in [-0.15, -0.1) is 0 Å². The molecule has 1 aliphatic carbocycles. The quantitative estimate of drug-likeness (QED) is 0.819. The van der Waals surface area contributed by atoms with Gasteiger partial charge in [0.1, 0.15) is 12.4 Å². The molecule has 2 aliphatic rings. The molecule has 1 saturated carbocycles. The maximum atomic E-state index is 12.2. The van der Waals surface area contributed by atoms with Crippen LogP contribution in [0.5, 0.6) is 5.75 Å². The number of rotatable bonds is 6. The monoisotopic (exact) mass is 319 g/mol. The zero-order chi connectivity index (χ0) is 16.2. The van der Waals surface area contributed by atoms with Crippen molar-refractivity contribution in [1.29, 1.82) is 0 Å². The van der Waals surface area contributed by atoms with Crippen LogP contribution < -0.4 is 4.74 Å². The molecule has 0 radical (unpaired) electrons. The predicted octanol–water partition coefficient (Wildman–Crippen LogP) is 2.53. The summed E-state index contributed by atoms with van der Waals surface area (Å²) in [5.41, 5.74) is 0.981. The van der Waals surface area contributed by atoms with Crippen LogP contribution in [0, 0.1) is 11.8 Å². The van der Waals surface area contributed by atoms with E-state index in [0.717, 1.165) is 24.2 Å². The average Bonchev–Trinajstić information content (AvgIpc) is 2.61. The van der Waals surface area contributed by atoms with Crippen LogP contribution in [0.4, 0.5) is 0 Å². The van der Waals surface area contributed by atoms with Crippen molar-refractivity contribution >= 4 is 5.91 Å². The molecule has 1 heterocycles. The molecule has 1 aromatic carbocycles. The van der Waals surface area contributed by atoms with Gasteiger partial charge in [0, 0.05) is 0 Å². The second kappa shape index (κ2) is 7.32. The fraction of sp³-hybridized carbons (Fsp3) is 0.611. The van der Waals surface area contributed by atoms with Gasteiger partial charge in [-0.3, -0.25) is 9.63 Å². The molecule has 0 bridgehead atoms. The van der Waals surface area contributed by atoms with E-state index in [0.29, 0.717) is 13.2 Å². The Kier molecular flexibility index (Phi) is 5.18. The second-order valence-electron chi connectivity index (χ2n) is 6.52. The van der Waals surface area contributed by atoms with E-state index in [-0.39, 0.29) is 17.7 Å². The van der Waals surface area contributed by atoms with Crippen LogP contribution in [-0.4, -0.2) is 35.8 Å². The maximum Gasteiger partial charge on any atom is 0.253 e. The predicted molar refractivity (Wildman–Crippen MR) is 85.6 cm³/mol. The van der Waals surface area contributed by atoms with Crippen molar-refractivity contribution in [3.63, 3.8) is 0 Å². The van der Waals surface area contributed by atoms with Gasteiger partial charge in [-0.05, 0) is 36.5 Å². The number of ether oxygens (including phenoxy) is 1. The van der Waals surface area contributed by atoms with E-state index in [4.69, 9.17) is 9.57 Å². The number of methoxy groups -OCH3 is 1. The zero-order valence-electron chi connectivity index (χ0n) is 13.6. The second-order valence-corrected chi connectivity index (χ2v) is 6.52. The lowest BCUT2D eigenvalue weighted by Crippen LogP contribution is -2.58. The van der Waals surface area contributed by atoms with Crippen molar-refractivity contribution in [2.45, 2.75) is 44.8 Å². The van der Waals surface area contributed by atoms with Crippen LogP contribution in [0.15, 0.2) is 24.3 Å². The highest BCUT2D eigenvalue weighted by atomic mass is 16.7. The summed E-state index contributed by atoms with van der Waals surface area (Å²) in [6, 6.07) is 7.56. The van der Waals surface area contributed by atoms with Gasteiger partial charge in [-0.1, -0.05) is 31.4 Å². The number of aliphatic hydroxyl groups excluding tert-OH is 1. The lowest BCUT2D eigenvalue weighted by atomic mass is 9.78. The lowest BCUT2D eigenvalue weighted by Gasteiger charge is -2.42. The summed E-state index contributed by atoms with van der Waals surface area (Å²) in [5.74, 6) is 0.705. The van der Waals surface area contributed by atoms with E-state index >= 15 is 0 Å². The molecule has 126 valence electrons. The topological polar surface area (TPSA) is 59.0 Å². The Labute approximate surface area is 137 Å². The molecular weight excluding hydrogens is 294 g/mol. The first-order valence-electron chi connectivity index (χ1n) is 8.44. The number of nitrogens with zero attached hydrogens (tertiary/aromatic N) is 1. The lowest BCUT2D eigenvalue weighted by molar-refractivity contribution is -0.236. The Morgan fingerprint density at radius 1 is 1.22 bits per heavy atom. The third kappa shape index (κ3) is 3.67. The van der Waals surface area contributed by atoms with Gasteiger partial charge in [0.2, 0.25) is 0 Å². The molecule has 1 aliphatic heterocycles. The van der Waals surface area contributed by atoms with Crippen LogP contribution in [0.2, 0.25) is 0 Å². The minimum absolute atomic E-state index is 0.0865. The molecule has 1 saturated heterocycles. The number of hydroxylamine groups is 2. The third-order valence-electron chi connectivity index (χ3n) is 5.02. The summed E-state index contributed by atoms with van der Waals surface area (Å²) in [5, 5.41) is 11.8. The summed E-state index contributed by atoms with van der Waals surface area (Å²) in [6.07, 6.45) is 5.15. The smallest absolute Gasteiger partial charge is 0.253 e. The van der Waals surface area contributed by atoms with Gasteiger partial charge in [-0.25, -0.2) is 5.06 Å². The molecule has 5 nitrogen and oxygen atoms in total. The van der Waals surface area contributed by atoms with Crippen molar-refractivity contribution < 1.29 is 19.5 Å². The van der Waals surface area contributed by atoms with Gasteiger partial charge < -0.3 is 9.84 Å². The first-order chi connectivity index (χ1) is 11.2. The Morgan fingerprint density at radius 3 is 2.52 bits per heavy atom. The van der Waals surface area contributed by atoms with Crippen molar-refractivity contribution in [2.24, 2.45) is 11.8 Å². The summed E-state index contributed by atoms with van der Waals surface area (Å²) in [7, 11) is 1.63. The van der Waals surface area contributed by atoms with Crippen LogP contribution in [0.1, 0.15) is 37.7 Å². The first kappa shape index (κ1) is 16.3.